The molecule has 1 aromatic carbocycles. The maximum Gasteiger partial charge on any atom is 0.168 e. The van der Waals surface area contributed by atoms with Gasteiger partial charge in [0.2, 0.25) is 0 Å². The summed E-state index contributed by atoms with van der Waals surface area (Å²) in [7, 11) is 0. The summed E-state index contributed by atoms with van der Waals surface area (Å²) < 4.78 is 31.8. The molecule has 0 radical (unpaired) electrons. The molecule has 0 atom stereocenters. The highest BCUT2D eigenvalue weighted by molar-refractivity contribution is 9.10. The molecule has 1 heterocycles. The fourth-order valence-electron chi connectivity index (χ4n) is 1.21. The Balaban J connectivity index is 2.38. The Morgan fingerprint density at radius 1 is 1.24 bits per heavy atom. The molecule has 0 aliphatic carbocycles. The number of nitrogens with zero attached hydrogens (tertiary/aromatic N) is 1. The molecule has 2 rings (SSSR count). The average Bonchev–Trinajstić information content (AvgIpc) is 2.26. The van der Waals surface area contributed by atoms with Crippen LogP contribution >= 0.6 is 15.9 Å². The molecular formula is C11H7BrF2N2O. The number of nitrogen functional groups attached to an aromatic ring is 1. The van der Waals surface area contributed by atoms with E-state index in [0.29, 0.717) is 4.47 Å². The van der Waals surface area contributed by atoms with Gasteiger partial charge in [-0.15, -0.1) is 0 Å². The van der Waals surface area contributed by atoms with E-state index in [4.69, 9.17) is 10.5 Å². The van der Waals surface area contributed by atoms with Gasteiger partial charge in [-0.3, -0.25) is 4.98 Å². The maximum atomic E-state index is 13.4. The molecule has 0 saturated carbocycles. The summed E-state index contributed by atoms with van der Waals surface area (Å²) in [6.45, 7) is 0. The number of benzene rings is 1. The minimum Gasteiger partial charge on any atom is -0.451 e. The van der Waals surface area contributed by atoms with Gasteiger partial charge in [-0.2, -0.15) is 0 Å². The average molecular weight is 301 g/mol. The summed E-state index contributed by atoms with van der Waals surface area (Å²) in [6, 6.07) is 3.03. The zero-order chi connectivity index (χ0) is 12.4. The van der Waals surface area contributed by atoms with E-state index >= 15 is 0 Å². The predicted molar refractivity (Wildman–Crippen MR) is 62.8 cm³/mol. The smallest absolute Gasteiger partial charge is 0.168 e. The Hall–Kier alpha value is -1.69. The van der Waals surface area contributed by atoms with Crippen molar-refractivity contribution in [2.45, 2.75) is 0 Å². The largest absolute Gasteiger partial charge is 0.451 e. The van der Waals surface area contributed by atoms with E-state index in [9.17, 15) is 8.78 Å². The van der Waals surface area contributed by atoms with Gasteiger partial charge in [-0.1, -0.05) is 0 Å². The first-order chi connectivity index (χ1) is 8.08. The number of hydrogen-bond donors (Lipinski definition) is 1. The Bertz CT molecular complexity index is 543. The lowest BCUT2D eigenvalue weighted by atomic mass is 10.3. The number of aromatic nitrogens is 1. The van der Waals surface area contributed by atoms with Gasteiger partial charge in [-0.05, 0) is 28.1 Å². The quantitative estimate of drug-likeness (QED) is 0.923. The van der Waals surface area contributed by atoms with Crippen molar-refractivity contribution in [2.24, 2.45) is 0 Å². The molecule has 88 valence electrons. The Labute approximate surface area is 104 Å². The van der Waals surface area contributed by atoms with E-state index in [-0.39, 0.29) is 17.2 Å². The first kappa shape index (κ1) is 11.8. The maximum absolute atomic E-state index is 13.4. The normalized spacial score (nSPS) is 10.3. The van der Waals surface area contributed by atoms with E-state index in [1.165, 1.54) is 18.5 Å². The highest BCUT2D eigenvalue weighted by Gasteiger charge is 2.11. The molecule has 0 unspecified atom stereocenters. The number of pyridine rings is 1. The molecular weight excluding hydrogens is 294 g/mol. The topological polar surface area (TPSA) is 48.1 Å². The van der Waals surface area contributed by atoms with Crippen LogP contribution in [0.25, 0.3) is 0 Å². The molecule has 0 amide bonds. The number of nitrogens with two attached hydrogens (primary N) is 1. The molecule has 0 bridgehead atoms. The van der Waals surface area contributed by atoms with Crippen molar-refractivity contribution in [3.8, 4) is 11.5 Å². The van der Waals surface area contributed by atoms with Gasteiger partial charge < -0.3 is 10.5 Å². The third kappa shape index (κ3) is 2.52. The summed E-state index contributed by atoms with van der Waals surface area (Å²) in [6.07, 6.45) is 2.84. The van der Waals surface area contributed by atoms with E-state index in [1.54, 1.807) is 0 Å². The molecule has 17 heavy (non-hydrogen) atoms. The highest BCUT2D eigenvalue weighted by Crippen LogP contribution is 2.35. The molecule has 2 N–H and O–H groups in total. The van der Waals surface area contributed by atoms with Crippen molar-refractivity contribution in [1.82, 2.24) is 4.98 Å². The van der Waals surface area contributed by atoms with Crippen LogP contribution in [0.1, 0.15) is 0 Å². The van der Waals surface area contributed by atoms with E-state index < -0.39 is 11.6 Å². The lowest BCUT2D eigenvalue weighted by Crippen LogP contribution is -1.96. The first-order valence-corrected chi connectivity index (χ1v) is 5.39. The monoisotopic (exact) mass is 300 g/mol. The van der Waals surface area contributed by atoms with Gasteiger partial charge >= 0.3 is 0 Å². The van der Waals surface area contributed by atoms with Crippen LogP contribution in [0.15, 0.2) is 35.1 Å². The molecule has 0 fully saturated rings. The zero-order valence-electron chi connectivity index (χ0n) is 8.45. The van der Waals surface area contributed by atoms with Crippen molar-refractivity contribution in [3.05, 3.63) is 46.7 Å². The number of anilines is 1. The summed E-state index contributed by atoms with van der Waals surface area (Å²) >= 11 is 3.18. The van der Waals surface area contributed by atoms with E-state index in [2.05, 4.69) is 20.9 Å². The van der Waals surface area contributed by atoms with Crippen molar-refractivity contribution in [2.75, 3.05) is 5.73 Å². The molecule has 0 saturated heterocycles. The molecule has 6 heteroatoms. The van der Waals surface area contributed by atoms with Crippen molar-refractivity contribution in [3.63, 3.8) is 0 Å². The van der Waals surface area contributed by atoms with Crippen LogP contribution in [0.5, 0.6) is 11.5 Å². The van der Waals surface area contributed by atoms with E-state index in [0.717, 1.165) is 12.1 Å². The van der Waals surface area contributed by atoms with Gasteiger partial charge in [0.25, 0.3) is 0 Å². The predicted octanol–water partition coefficient (Wildman–Crippen LogP) is 3.50. The molecule has 0 aliphatic rings. The summed E-state index contributed by atoms with van der Waals surface area (Å²) in [4.78, 5) is 3.82. The lowest BCUT2D eigenvalue weighted by Gasteiger charge is -2.10. The lowest BCUT2D eigenvalue weighted by molar-refractivity contribution is 0.437. The van der Waals surface area contributed by atoms with Crippen LogP contribution in [0, 0.1) is 11.6 Å². The third-order valence-corrected chi connectivity index (χ3v) is 2.55. The molecule has 3 nitrogen and oxygen atoms in total. The minimum atomic E-state index is -0.798. The summed E-state index contributed by atoms with van der Waals surface area (Å²) in [5.74, 6) is -1.33. The van der Waals surface area contributed by atoms with Crippen LogP contribution in [0.3, 0.4) is 0 Å². The number of ether oxygens (including phenoxy) is 1. The second-order valence-electron chi connectivity index (χ2n) is 3.22. The van der Waals surface area contributed by atoms with Crippen molar-refractivity contribution < 1.29 is 13.5 Å². The van der Waals surface area contributed by atoms with Gasteiger partial charge in [-0.25, -0.2) is 8.78 Å². The highest BCUT2D eigenvalue weighted by atomic mass is 79.9. The number of rotatable bonds is 2. The Morgan fingerprint density at radius 3 is 2.65 bits per heavy atom. The van der Waals surface area contributed by atoms with E-state index in [1.807, 2.05) is 0 Å². The van der Waals surface area contributed by atoms with Gasteiger partial charge in [0.15, 0.2) is 17.3 Å². The van der Waals surface area contributed by atoms with Crippen LogP contribution in [0.4, 0.5) is 14.5 Å². The second-order valence-corrected chi connectivity index (χ2v) is 4.07. The van der Waals surface area contributed by atoms with Gasteiger partial charge in [0.05, 0.1) is 16.4 Å². The van der Waals surface area contributed by atoms with Gasteiger partial charge in [0, 0.05) is 12.3 Å². The molecule has 1 aromatic heterocycles. The SMILES string of the molecule is Nc1cncc(Br)c1Oc1ccc(F)cc1F. The molecule has 0 aliphatic heterocycles. The van der Waals surface area contributed by atoms with Crippen LogP contribution in [-0.2, 0) is 0 Å². The molecule has 2 aromatic rings. The minimum absolute atomic E-state index is 0.106. The van der Waals surface area contributed by atoms with Crippen molar-refractivity contribution >= 4 is 21.6 Å². The first-order valence-electron chi connectivity index (χ1n) is 4.60. The Morgan fingerprint density at radius 2 is 2.00 bits per heavy atom. The standard InChI is InChI=1S/C11H7BrF2N2O/c12-7-4-16-5-9(15)11(7)17-10-2-1-6(13)3-8(10)14/h1-5H,15H2. The van der Waals surface area contributed by atoms with Crippen molar-refractivity contribution in [1.29, 1.82) is 0 Å². The zero-order valence-corrected chi connectivity index (χ0v) is 10.0. The van der Waals surface area contributed by atoms with Crippen LogP contribution < -0.4 is 10.5 Å². The Kier molecular flexibility index (Phi) is 3.23. The number of hydrogen-bond acceptors (Lipinski definition) is 3. The van der Waals surface area contributed by atoms with Gasteiger partial charge in [0.1, 0.15) is 5.82 Å². The van der Waals surface area contributed by atoms with Crippen LogP contribution in [-0.4, -0.2) is 4.98 Å². The fraction of sp³-hybridized carbons (Fsp3) is 0. The second kappa shape index (κ2) is 4.67. The van der Waals surface area contributed by atoms with Crippen LogP contribution in [0.2, 0.25) is 0 Å². The summed E-state index contributed by atoms with van der Waals surface area (Å²) in [5, 5.41) is 0. The number of halogens is 3. The molecule has 0 spiro atoms. The third-order valence-electron chi connectivity index (χ3n) is 1.99. The fourth-order valence-corrected chi connectivity index (χ4v) is 1.64. The summed E-state index contributed by atoms with van der Waals surface area (Å²) in [5.41, 5.74) is 5.89.